The van der Waals surface area contributed by atoms with Gasteiger partial charge in [0.15, 0.2) is 9.84 Å². The van der Waals surface area contributed by atoms with Gasteiger partial charge in [-0.15, -0.1) is 0 Å². The summed E-state index contributed by atoms with van der Waals surface area (Å²) in [6.07, 6.45) is 0.429. The summed E-state index contributed by atoms with van der Waals surface area (Å²) in [4.78, 5) is 11.8. The Morgan fingerprint density at radius 1 is 1.41 bits per heavy atom. The predicted molar refractivity (Wildman–Crippen MR) is 74.5 cm³/mol. The lowest BCUT2D eigenvalue weighted by Crippen LogP contribution is -2.23. The highest BCUT2D eigenvalue weighted by atomic mass is 127. The van der Waals surface area contributed by atoms with E-state index in [9.17, 15) is 13.2 Å². The molecular formula is C11H12INO3S. The van der Waals surface area contributed by atoms with Crippen LogP contribution in [0.3, 0.4) is 0 Å². The van der Waals surface area contributed by atoms with Crippen LogP contribution in [0.2, 0.25) is 0 Å². The van der Waals surface area contributed by atoms with Crippen LogP contribution < -0.4 is 5.32 Å². The lowest BCUT2D eigenvalue weighted by atomic mass is 10.1. The number of anilines is 1. The van der Waals surface area contributed by atoms with E-state index in [1.165, 1.54) is 0 Å². The first-order valence-electron chi connectivity index (χ1n) is 5.23. The lowest BCUT2D eigenvalue weighted by Gasteiger charge is -2.09. The Bertz CT molecular complexity index is 541. The van der Waals surface area contributed by atoms with Crippen LogP contribution in [0.5, 0.6) is 0 Å². The molecule has 1 fully saturated rings. The van der Waals surface area contributed by atoms with Gasteiger partial charge in [-0.2, -0.15) is 0 Å². The maximum atomic E-state index is 11.8. The van der Waals surface area contributed by atoms with Crippen molar-refractivity contribution in [3.8, 4) is 0 Å². The van der Waals surface area contributed by atoms with Crippen LogP contribution in [0, 0.1) is 9.49 Å². The monoisotopic (exact) mass is 365 g/mol. The van der Waals surface area contributed by atoms with E-state index in [-0.39, 0.29) is 17.4 Å². The molecule has 92 valence electrons. The van der Waals surface area contributed by atoms with Crippen molar-refractivity contribution in [1.82, 2.24) is 0 Å². The molecule has 0 aliphatic carbocycles. The van der Waals surface area contributed by atoms with E-state index in [4.69, 9.17) is 0 Å². The second-order valence-electron chi connectivity index (χ2n) is 4.10. The molecule has 6 heteroatoms. The number of hydrogen-bond acceptors (Lipinski definition) is 3. The average Bonchev–Trinajstić information content (AvgIpc) is 2.59. The first-order chi connectivity index (χ1) is 7.96. The number of carbonyl (C=O) groups excluding carboxylic acids is 1. The zero-order valence-corrected chi connectivity index (χ0v) is 12.0. The van der Waals surface area contributed by atoms with E-state index < -0.39 is 15.8 Å². The van der Waals surface area contributed by atoms with Crippen molar-refractivity contribution < 1.29 is 13.2 Å². The van der Waals surface area contributed by atoms with E-state index in [1.807, 2.05) is 18.2 Å². The van der Waals surface area contributed by atoms with Crippen molar-refractivity contribution in [2.45, 2.75) is 6.42 Å². The molecule has 0 saturated carbocycles. The van der Waals surface area contributed by atoms with Gasteiger partial charge in [0.05, 0.1) is 17.4 Å². The number of hydrogen-bond donors (Lipinski definition) is 1. The highest BCUT2D eigenvalue weighted by Gasteiger charge is 2.32. The third-order valence-electron chi connectivity index (χ3n) is 2.70. The van der Waals surface area contributed by atoms with Crippen LogP contribution in [-0.2, 0) is 14.6 Å². The summed E-state index contributed by atoms with van der Waals surface area (Å²) in [6, 6.07) is 7.42. The van der Waals surface area contributed by atoms with Crippen LogP contribution in [0.4, 0.5) is 5.69 Å². The second-order valence-corrected chi connectivity index (χ2v) is 7.57. The topological polar surface area (TPSA) is 63.2 Å². The summed E-state index contributed by atoms with van der Waals surface area (Å²) in [7, 11) is -3.00. The van der Waals surface area contributed by atoms with Crippen LogP contribution >= 0.6 is 22.6 Å². The molecule has 1 aliphatic rings. The minimum Gasteiger partial charge on any atom is -0.326 e. The number of amides is 1. The molecule has 17 heavy (non-hydrogen) atoms. The number of benzene rings is 1. The molecule has 1 aromatic rings. The maximum Gasteiger partial charge on any atom is 0.228 e. The van der Waals surface area contributed by atoms with E-state index in [2.05, 4.69) is 27.9 Å². The van der Waals surface area contributed by atoms with Crippen LogP contribution in [0.15, 0.2) is 24.3 Å². The third kappa shape index (κ3) is 3.41. The van der Waals surface area contributed by atoms with Gasteiger partial charge in [0.1, 0.15) is 0 Å². The lowest BCUT2D eigenvalue weighted by molar-refractivity contribution is -0.119. The summed E-state index contributed by atoms with van der Waals surface area (Å²) in [5, 5.41) is 2.75. The van der Waals surface area contributed by atoms with Gasteiger partial charge in [0, 0.05) is 9.26 Å². The van der Waals surface area contributed by atoms with Gasteiger partial charge in [-0.3, -0.25) is 4.79 Å². The minimum atomic E-state index is -3.00. The van der Waals surface area contributed by atoms with E-state index in [1.54, 1.807) is 6.07 Å². The van der Waals surface area contributed by atoms with E-state index in [0.717, 1.165) is 3.57 Å². The Balaban J connectivity index is 2.03. The van der Waals surface area contributed by atoms with Crippen molar-refractivity contribution >= 4 is 44.0 Å². The second kappa shape index (κ2) is 4.93. The molecule has 1 aliphatic heterocycles. The quantitative estimate of drug-likeness (QED) is 0.811. The number of halogens is 1. The first-order valence-corrected chi connectivity index (χ1v) is 8.13. The zero-order chi connectivity index (χ0) is 12.5. The van der Waals surface area contributed by atoms with Gasteiger partial charge in [0.2, 0.25) is 5.91 Å². The smallest absolute Gasteiger partial charge is 0.228 e. The number of carbonyl (C=O) groups is 1. The number of sulfone groups is 1. The SMILES string of the molecule is O=C(Nc1cccc(I)c1)C1CCS(=O)(=O)C1. The minimum absolute atomic E-state index is 0.0250. The van der Waals surface area contributed by atoms with Crippen LogP contribution in [0.25, 0.3) is 0 Å². The van der Waals surface area contributed by atoms with Gasteiger partial charge in [-0.25, -0.2) is 8.42 Å². The summed E-state index contributed by atoms with van der Waals surface area (Å²) < 4.78 is 23.6. The Morgan fingerprint density at radius 2 is 2.18 bits per heavy atom. The molecule has 0 aromatic heterocycles. The normalized spacial score (nSPS) is 22.3. The fraction of sp³-hybridized carbons (Fsp3) is 0.364. The summed E-state index contributed by atoms with van der Waals surface area (Å²) in [5.41, 5.74) is 0.714. The molecule has 1 atom stereocenters. The van der Waals surface area contributed by atoms with Gasteiger partial charge in [-0.1, -0.05) is 6.07 Å². The maximum absolute atomic E-state index is 11.8. The Hall–Kier alpha value is -0.630. The zero-order valence-electron chi connectivity index (χ0n) is 9.02. The van der Waals surface area contributed by atoms with Gasteiger partial charge in [0.25, 0.3) is 0 Å². The van der Waals surface area contributed by atoms with Gasteiger partial charge < -0.3 is 5.32 Å². The molecule has 0 spiro atoms. The molecular weight excluding hydrogens is 353 g/mol. The van der Waals surface area contributed by atoms with Gasteiger partial charge >= 0.3 is 0 Å². The average molecular weight is 365 g/mol. The Labute approximate surface area is 114 Å². The van der Waals surface area contributed by atoms with Gasteiger partial charge in [-0.05, 0) is 47.2 Å². The molecule has 0 radical (unpaired) electrons. The van der Waals surface area contributed by atoms with Crippen molar-refractivity contribution in [2.24, 2.45) is 5.92 Å². The highest BCUT2D eigenvalue weighted by Crippen LogP contribution is 2.21. The summed E-state index contributed by atoms with van der Waals surface area (Å²) >= 11 is 2.16. The van der Waals surface area contributed by atoms with Crippen molar-refractivity contribution in [3.63, 3.8) is 0 Å². The molecule has 1 amide bonds. The Kier molecular flexibility index (Phi) is 3.72. The standard InChI is InChI=1S/C11H12INO3S/c12-9-2-1-3-10(6-9)13-11(14)8-4-5-17(15,16)7-8/h1-3,6,8H,4-5,7H2,(H,13,14). The third-order valence-corrected chi connectivity index (χ3v) is 5.13. The molecule has 1 aromatic carbocycles. The number of rotatable bonds is 2. The van der Waals surface area contributed by atoms with Crippen molar-refractivity contribution in [3.05, 3.63) is 27.8 Å². The van der Waals surface area contributed by atoms with Crippen LogP contribution in [-0.4, -0.2) is 25.8 Å². The molecule has 2 rings (SSSR count). The number of nitrogens with one attached hydrogen (secondary N) is 1. The fourth-order valence-electron chi connectivity index (χ4n) is 1.81. The largest absolute Gasteiger partial charge is 0.326 e. The molecule has 1 unspecified atom stereocenters. The van der Waals surface area contributed by atoms with E-state index in [0.29, 0.717) is 12.1 Å². The first kappa shape index (κ1) is 12.8. The molecule has 1 saturated heterocycles. The summed E-state index contributed by atoms with van der Waals surface area (Å²) in [6.45, 7) is 0. The van der Waals surface area contributed by atoms with E-state index >= 15 is 0 Å². The highest BCUT2D eigenvalue weighted by molar-refractivity contribution is 14.1. The van der Waals surface area contributed by atoms with Crippen LogP contribution in [0.1, 0.15) is 6.42 Å². The fourth-order valence-corrected chi connectivity index (χ4v) is 4.10. The van der Waals surface area contributed by atoms with Crippen molar-refractivity contribution in [1.29, 1.82) is 0 Å². The molecule has 1 heterocycles. The molecule has 4 nitrogen and oxygen atoms in total. The van der Waals surface area contributed by atoms with Crippen molar-refractivity contribution in [2.75, 3.05) is 16.8 Å². The molecule has 1 N–H and O–H groups in total. The molecule has 0 bridgehead atoms. The summed E-state index contributed by atoms with van der Waals surface area (Å²) in [5.74, 6) is -0.508. The predicted octanol–water partition coefficient (Wildman–Crippen LogP) is 1.66. The Morgan fingerprint density at radius 3 is 2.76 bits per heavy atom.